The molecule has 0 saturated carbocycles. The van der Waals surface area contributed by atoms with Crippen LogP contribution in [0.2, 0.25) is 0 Å². The number of hydrogen-bond donors (Lipinski definition) is 0. The van der Waals surface area contributed by atoms with Crippen molar-refractivity contribution in [3.05, 3.63) is 146 Å². The fraction of sp³-hybridized carbons (Fsp3) is 0. The van der Waals surface area contributed by atoms with Gasteiger partial charge in [-0.2, -0.15) is 0 Å². The molecule has 9 rings (SSSR count). The maximum atomic E-state index is 6.35. The van der Waals surface area contributed by atoms with E-state index < -0.39 is 0 Å². The van der Waals surface area contributed by atoms with Crippen molar-refractivity contribution in [3.63, 3.8) is 0 Å². The predicted octanol–water partition coefficient (Wildman–Crippen LogP) is 11.4. The van der Waals surface area contributed by atoms with Crippen LogP contribution in [0, 0.1) is 0 Å². The molecule has 206 valence electrons. The molecule has 0 radical (unpaired) electrons. The molecule has 0 bridgehead atoms. The first kappa shape index (κ1) is 25.0. The van der Waals surface area contributed by atoms with Crippen LogP contribution in [0.15, 0.2) is 150 Å². The van der Waals surface area contributed by atoms with E-state index in [2.05, 4.69) is 127 Å². The first-order valence-corrected chi connectivity index (χ1v) is 15.5. The Morgan fingerprint density at radius 2 is 1.16 bits per heavy atom. The van der Waals surface area contributed by atoms with Crippen LogP contribution in [0.3, 0.4) is 0 Å². The lowest BCUT2D eigenvalue weighted by Gasteiger charge is -2.07. The monoisotopic (exact) mass is 580 g/mol. The van der Waals surface area contributed by atoms with Crippen molar-refractivity contribution in [1.29, 1.82) is 0 Å². The minimum Gasteiger partial charge on any atom is -0.455 e. The second kappa shape index (κ2) is 10.0. The Morgan fingerprint density at radius 3 is 2.07 bits per heavy atom. The summed E-state index contributed by atoms with van der Waals surface area (Å²) in [5.74, 6) is 0. The summed E-state index contributed by atoms with van der Waals surface area (Å²) in [5, 5.41) is 3.41. The highest BCUT2D eigenvalue weighted by Crippen LogP contribution is 2.41. The third-order valence-electron chi connectivity index (χ3n) is 8.40. The Hall–Kier alpha value is -5.58. The maximum Gasteiger partial charge on any atom is 0.143 e. The second-order valence-electron chi connectivity index (χ2n) is 11.0. The number of rotatable bonds is 4. The summed E-state index contributed by atoms with van der Waals surface area (Å²) >= 11 is 1.75. The van der Waals surface area contributed by atoms with Crippen molar-refractivity contribution >= 4 is 53.6 Å². The molecule has 4 heteroatoms. The van der Waals surface area contributed by atoms with Crippen LogP contribution >= 0.6 is 11.3 Å². The predicted molar refractivity (Wildman–Crippen MR) is 184 cm³/mol. The first-order chi connectivity index (χ1) is 21.8. The van der Waals surface area contributed by atoms with E-state index in [0.29, 0.717) is 0 Å². The van der Waals surface area contributed by atoms with E-state index in [1.807, 2.05) is 12.1 Å². The lowest BCUT2D eigenvalue weighted by Crippen LogP contribution is -1.87. The summed E-state index contributed by atoms with van der Waals surface area (Å²) in [7, 11) is 0. The molecule has 6 aromatic carbocycles. The summed E-state index contributed by atoms with van der Waals surface area (Å²) in [6.07, 6.45) is 1.69. The van der Waals surface area contributed by atoms with Gasteiger partial charge in [-0.05, 0) is 58.1 Å². The Kier molecular flexibility index (Phi) is 5.68. The molecule has 44 heavy (non-hydrogen) atoms. The highest BCUT2D eigenvalue weighted by molar-refractivity contribution is 7.26. The molecule has 0 saturated heterocycles. The van der Waals surface area contributed by atoms with Crippen molar-refractivity contribution in [3.8, 4) is 44.6 Å². The average Bonchev–Trinajstić information content (AvgIpc) is 3.67. The molecule has 0 aliphatic heterocycles. The van der Waals surface area contributed by atoms with Crippen LogP contribution in [-0.2, 0) is 0 Å². The summed E-state index contributed by atoms with van der Waals surface area (Å²) in [4.78, 5) is 9.59. The molecular weight excluding hydrogens is 557 g/mol. The molecule has 0 spiro atoms. The zero-order valence-corrected chi connectivity index (χ0v) is 24.4. The van der Waals surface area contributed by atoms with Crippen molar-refractivity contribution in [2.75, 3.05) is 0 Å². The van der Waals surface area contributed by atoms with Gasteiger partial charge in [0.15, 0.2) is 0 Å². The van der Waals surface area contributed by atoms with Gasteiger partial charge in [-0.1, -0.05) is 109 Å². The number of thiophene rings is 1. The zero-order chi connectivity index (χ0) is 29.0. The van der Waals surface area contributed by atoms with E-state index in [9.17, 15) is 0 Å². The van der Waals surface area contributed by atoms with E-state index >= 15 is 0 Å². The van der Waals surface area contributed by atoms with Crippen LogP contribution in [0.5, 0.6) is 0 Å². The largest absolute Gasteiger partial charge is 0.455 e. The molecule has 9 aromatic rings. The number of benzene rings is 6. The van der Waals surface area contributed by atoms with Gasteiger partial charge >= 0.3 is 0 Å². The number of aromatic nitrogens is 2. The van der Waals surface area contributed by atoms with Crippen molar-refractivity contribution < 1.29 is 4.42 Å². The van der Waals surface area contributed by atoms with Crippen LogP contribution in [0.1, 0.15) is 0 Å². The van der Waals surface area contributed by atoms with Crippen LogP contribution in [0.4, 0.5) is 0 Å². The third kappa shape index (κ3) is 4.03. The van der Waals surface area contributed by atoms with Gasteiger partial charge in [-0.25, -0.2) is 9.97 Å². The standard InChI is InChI=1S/C40H24N2OS/c1-2-9-25(10-3-1)26-11-6-12-27(21-26)28-19-20-36-34(23-28)38-40(44-36)37(41-24-42-38)30-14-7-13-29(22-30)31-16-8-17-33-32-15-4-5-18-35(32)43-39(31)33/h1-24H. The molecule has 0 fully saturated rings. The number of furan rings is 1. The lowest BCUT2D eigenvalue weighted by atomic mass is 9.98. The zero-order valence-electron chi connectivity index (χ0n) is 23.6. The Morgan fingerprint density at radius 1 is 0.477 bits per heavy atom. The van der Waals surface area contributed by atoms with E-state index in [1.54, 1.807) is 17.7 Å². The maximum absolute atomic E-state index is 6.35. The second-order valence-corrected chi connectivity index (χ2v) is 12.1. The van der Waals surface area contributed by atoms with Gasteiger partial charge in [0, 0.05) is 32.0 Å². The van der Waals surface area contributed by atoms with Gasteiger partial charge in [0.25, 0.3) is 0 Å². The first-order valence-electron chi connectivity index (χ1n) is 14.6. The number of hydrogen-bond acceptors (Lipinski definition) is 4. The molecule has 0 atom stereocenters. The summed E-state index contributed by atoms with van der Waals surface area (Å²) in [5.41, 5.74) is 11.8. The van der Waals surface area contributed by atoms with Gasteiger partial charge in [0.05, 0.1) is 15.9 Å². The summed E-state index contributed by atoms with van der Waals surface area (Å²) < 4.78 is 8.65. The fourth-order valence-electron chi connectivity index (χ4n) is 6.28. The normalized spacial score (nSPS) is 11.6. The van der Waals surface area contributed by atoms with Gasteiger partial charge in [0.1, 0.15) is 17.5 Å². The Labute approximate surface area is 257 Å². The molecule has 0 unspecified atom stereocenters. The highest BCUT2D eigenvalue weighted by Gasteiger charge is 2.16. The van der Waals surface area contributed by atoms with Crippen molar-refractivity contribution in [2.45, 2.75) is 0 Å². The Balaban J connectivity index is 1.15. The smallest absolute Gasteiger partial charge is 0.143 e. The van der Waals surface area contributed by atoms with E-state index in [0.717, 1.165) is 59.9 Å². The molecule has 3 nitrogen and oxygen atoms in total. The molecule has 3 heterocycles. The number of nitrogens with zero attached hydrogens (tertiary/aromatic N) is 2. The number of para-hydroxylation sites is 2. The van der Waals surface area contributed by atoms with E-state index in [1.165, 1.54) is 27.0 Å². The lowest BCUT2D eigenvalue weighted by molar-refractivity contribution is 0.670. The molecule has 0 aliphatic rings. The summed E-state index contributed by atoms with van der Waals surface area (Å²) in [6, 6.07) is 49.1. The fourth-order valence-corrected chi connectivity index (χ4v) is 7.43. The molecule has 0 N–H and O–H groups in total. The quantitative estimate of drug-likeness (QED) is 0.208. The average molecular weight is 581 g/mol. The SMILES string of the molecule is c1ccc(-c2cccc(-c3ccc4sc5c(-c6cccc(-c7cccc8c7oc7ccccc78)c6)ncnc5c4c3)c2)cc1. The molecule has 3 aromatic heterocycles. The Bertz CT molecular complexity index is 2510. The molecular formula is C40H24N2OS. The van der Waals surface area contributed by atoms with Crippen LogP contribution in [0.25, 0.3) is 86.9 Å². The van der Waals surface area contributed by atoms with Gasteiger partial charge < -0.3 is 4.42 Å². The van der Waals surface area contributed by atoms with Gasteiger partial charge in [-0.3, -0.25) is 0 Å². The highest BCUT2D eigenvalue weighted by atomic mass is 32.1. The van der Waals surface area contributed by atoms with Crippen LogP contribution in [-0.4, -0.2) is 9.97 Å². The van der Waals surface area contributed by atoms with E-state index in [-0.39, 0.29) is 0 Å². The number of fused-ring (bicyclic) bond motifs is 6. The summed E-state index contributed by atoms with van der Waals surface area (Å²) in [6.45, 7) is 0. The van der Waals surface area contributed by atoms with Gasteiger partial charge in [-0.15, -0.1) is 11.3 Å². The van der Waals surface area contributed by atoms with Gasteiger partial charge in [0.2, 0.25) is 0 Å². The topological polar surface area (TPSA) is 38.9 Å². The molecule has 0 amide bonds. The minimum atomic E-state index is 0.903. The minimum absolute atomic E-state index is 0.903. The third-order valence-corrected chi connectivity index (χ3v) is 9.57. The van der Waals surface area contributed by atoms with Crippen molar-refractivity contribution in [2.24, 2.45) is 0 Å². The molecule has 0 aliphatic carbocycles. The van der Waals surface area contributed by atoms with Crippen LogP contribution < -0.4 is 0 Å². The van der Waals surface area contributed by atoms with E-state index in [4.69, 9.17) is 14.4 Å². The van der Waals surface area contributed by atoms with Crippen molar-refractivity contribution in [1.82, 2.24) is 9.97 Å².